The average molecular weight is 225 g/mol. The van der Waals surface area contributed by atoms with Gasteiger partial charge in [-0.2, -0.15) is 0 Å². The summed E-state index contributed by atoms with van der Waals surface area (Å²) >= 11 is 0. The first-order valence-corrected chi connectivity index (χ1v) is 5.52. The van der Waals surface area contributed by atoms with Crippen LogP contribution < -0.4 is 10.1 Å². The van der Waals surface area contributed by atoms with Crippen molar-refractivity contribution in [2.75, 3.05) is 13.7 Å². The van der Waals surface area contributed by atoms with E-state index < -0.39 is 5.82 Å². The summed E-state index contributed by atoms with van der Waals surface area (Å²) in [5.74, 6) is -0.464. The molecule has 0 aromatic heterocycles. The van der Waals surface area contributed by atoms with Gasteiger partial charge in [-0.3, -0.25) is 0 Å². The molecule has 4 heteroatoms. The molecule has 0 saturated carbocycles. The zero-order valence-corrected chi connectivity index (χ0v) is 9.29. The standard InChI is InChI=1S/C12H16FNO2/c1-16-12-7-9(13)11(15)6-8(12)10-4-2-3-5-14-10/h6-7,10,14-15H,2-5H2,1H3. The van der Waals surface area contributed by atoms with Crippen LogP contribution in [0.3, 0.4) is 0 Å². The predicted octanol–water partition coefficient (Wildman–Crippen LogP) is 2.35. The van der Waals surface area contributed by atoms with Crippen molar-refractivity contribution in [2.24, 2.45) is 0 Å². The van der Waals surface area contributed by atoms with Gasteiger partial charge in [0.1, 0.15) is 5.75 Å². The molecule has 1 aromatic rings. The zero-order chi connectivity index (χ0) is 11.5. The fourth-order valence-electron chi connectivity index (χ4n) is 2.13. The van der Waals surface area contributed by atoms with Crippen LogP contribution in [0.15, 0.2) is 12.1 Å². The molecule has 1 atom stereocenters. The van der Waals surface area contributed by atoms with Crippen LogP contribution in [0.25, 0.3) is 0 Å². The third kappa shape index (κ3) is 2.11. The van der Waals surface area contributed by atoms with E-state index in [-0.39, 0.29) is 11.8 Å². The molecular formula is C12H16FNO2. The van der Waals surface area contributed by atoms with Crippen molar-refractivity contribution in [3.8, 4) is 11.5 Å². The van der Waals surface area contributed by atoms with Gasteiger partial charge in [0, 0.05) is 17.7 Å². The van der Waals surface area contributed by atoms with Gasteiger partial charge in [0.05, 0.1) is 7.11 Å². The van der Waals surface area contributed by atoms with Gasteiger partial charge < -0.3 is 15.2 Å². The highest BCUT2D eigenvalue weighted by Crippen LogP contribution is 2.34. The summed E-state index contributed by atoms with van der Waals surface area (Å²) in [5.41, 5.74) is 0.834. The molecule has 88 valence electrons. The second kappa shape index (κ2) is 4.70. The van der Waals surface area contributed by atoms with Crippen LogP contribution in [-0.2, 0) is 0 Å². The lowest BCUT2D eigenvalue weighted by Gasteiger charge is -2.25. The zero-order valence-electron chi connectivity index (χ0n) is 9.29. The maximum atomic E-state index is 13.2. The second-order valence-electron chi connectivity index (χ2n) is 4.05. The van der Waals surface area contributed by atoms with Crippen molar-refractivity contribution in [2.45, 2.75) is 25.3 Å². The number of halogens is 1. The molecule has 2 rings (SSSR count). The Morgan fingerprint density at radius 3 is 2.88 bits per heavy atom. The van der Waals surface area contributed by atoms with E-state index in [1.165, 1.54) is 19.2 Å². The fourth-order valence-corrected chi connectivity index (χ4v) is 2.13. The van der Waals surface area contributed by atoms with E-state index >= 15 is 0 Å². The molecule has 0 spiro atoms. The van der Waals surface area contributed by atoms with Crippen LogP contribution in [0, 0.1) is 5.82 Å². The van der Waals surface area contributed by atoms with Crippen molar-refractivity contribution < 1.29 is 14.2 Å². The molecule has 0 radical (unpaired) electrons. The average Bonchev–Trinajstić information content (AvgIpc) is 2.33. The van der Waals surface area contributed by atoms with E-state index in [1.807, 2.05) is 0 Å². The molecule has 16 heavy (non-hydrogen) atoms. The molecule has 2 N–H and O–H groups in total. The third-order valence-corrected chi connectivity index (χ3v) is 2.98. The number of piperidine rings is 1. The first-order chi connectivity index (χ1) is 7.72. The number of nitrogens with one attached hydrogen (secondary N) is 1. The highest BCUT2D eigenvalue weighted by Gasteiger charge is 2.20. The molecule has 1 unspecified atom stereocenters. The van der Waals surface area contributed by atoms with Gasteiger partial charge in [0.25, 0.3) is 0 Å². The summed E-state index contributed by atoms with van der Waals surface area (Å²) < 4.78 is 18.3. The Hall–Kier alpha value is -1.29. The third-order valence-electron chi connectivity index (χ3n) is 2.98. The molecule has 1 aliphatic heterocycles. The minimum absolute atomic E-state index is 0.148. The monoisotopic (exact) mass is 225 g/mol. The van der Waals surface area contributed by atoms with Crippen molar-refractivity contribution >= 4 is 0 Å². The van der Waals surface area contributed by atoms with E-state index in [4.69, 9.17) is 4.74 Å². The number of methoxy groups -OCH3 is 1. The Bertz CT molecular complexity index is 376. The smallest absolute Gasteiger partial charge is 0.168 e. The maximum absolute atomic E-state index is 13.2. The molecular weight excluding hydrogens is 209 g/mol. The van der Waals surface area contributed by atoms with Crippen molar-refractivity contribution in [3.05, 3.63) is 23.5 Å². The van der Waals surface area contributed by atoms with Crippen LogP contribution in [0.5, 0.6) is 11.5 Å². The number of phenols is 1. The molecule has 0 bridgehead atoms. The predicted molar refractivity (Wildman–Crippen MR) is 59.2 cm³/mol. The normalized spacial score (nSPS) is 20.8. The fraction of sp³-hybridized carbons (Fsp3) is 0.500. The Morgan fingerprint density at radius 1 is 1.44 bits per heavy atom. The molecule has 1 fully saturated rings. The van der Waals surface area contributed by atoms with Crippen LogP contribution >= 0.6 is 0 Å². The van der Waals surface area contributed by atoms with Gasteiger partial charge in [-0.25, -0.2) is 4.39 Å². The molecule has 1 aromatic carbocycles. The Balaban J connectivity index is 2.33. The summed E-state index contributed by atoms with van der Waals surface area (Å²) in [4.78, 5) is 0. The second-order valence-corrected chi connectivity index (χ2v) is 4.05. The lowest BCUT2D eigenvalue weighted by atomic mass is 9.96. The summed E-state index contributed by atoms with van der Waals surface area (Å²) in [7, 11) is 1.51. The topological polar surface area (TPSA) is 41.5 Å². The van der Waals surface area contributed by atoms with Crippen molar-refractivity contribution in [1.82, 2.24) is 5.32 Å². The Kier molecular flexibility index (Phi) is 3.29. The Morgan fingerprint density at radius 2 is 2.25 bits per heavy atom. The first kappa shape index (κ1) is 11.2. The summed E-state index contributed by atoms with van der Waals surface area (Å²) in [6.07, 6.45) is 3.28. The van der Waals surface area contributed by atoms with E-state index in [0.717, 1.165) is 31.4 Å². The van der Waals surface area contributed by atoms with Gasteiger partial charge in [-0.1, -0.05) is 6.42 Å². The summed E-state index contributed by atoms with van der Waals surface area (Å²) in [6, 6.07) is 2.84. The minimum atomic E-state index is -0.642. The van der Waals surface area contributed by atoms with Gasteiger partial charge in [-0.05, 0) is 25.5 Å². The van der Waals surface area contributed by atoms with Crippen molar-refractivity contribution in [3.63, 3.8) is 0 Å². The maximum Gasteiger partial charge on any atom is 0.168 e. The molecule has 1 saturated heterocycles. The first-order valence-electron chi connectivity index (χ1n) is 5.52. The lowest BCUT2D eigenvalue weighted by molar-refractivity contribution is 0.364. The van der Waals surface area contributed by atoms with Gasteiger partial charge >= 0.3 is 0 Å². The van der Waals surface area contributed by atoms with Gasteiger partial charge in [-0.15, -0.1) is 0 Å². The number of phenolic OH excluding ortho intramolecular Hbond substituents is 1. The number of aromatic hydroxyl groups is 1. The molecule has 0 amide bonds. The van der Waals surface area contributed by atoms with E-state index in [1.54, 1.807) is 0 Å². The SMILES string of the molecule is COc1cc(F)c(O)cc1C1CCCCN1. The largest absolute Gasteiger partial charge is 0.505 e. The van der Waals surface area contributed by atoms with Crippen LogP contribution in [0.4, 0.5) is 4.39 Å². The minimum Gasteiger partial charge on any atom is -0.505 e. The van der Waals surface area contributed by atoms with Crippen LogP contribution in [-0.4, -0.2) is 18.8 Å². The van der Waals surface area contributed by atoms with Crippen molar-refractivity contribution in [1.29, 1.82) is 0 Å². The van der Waals surface area contributed by atoms with Crippen LogP contribution in [0.2, 0.25) is 0 Å². The van der Waals surface area contributed by atoms with Gasteiger partial charge in [0.2, 0.25) is 0 Å². The summed E-state index contributed by atoms with van der Waals surface area (Å²) in [6.45, 7) is 0.950. The highest BCUT2D eigenvalue weighted by molar-refractivity contribution is 5.42. The number of ether oxygens (including phenoxy) is 1. The van der Waals surface area contributed by atoms with E-state index in [2.05, 4.69) is 5.32 Å². The number of benzene rings is 1. The molecule has 3 nitrogen and oxygen atoms in total. The lowest BCUT2D eigenvalue weighted by Crippen LogP contribution is -2.27. The van der Waals surface area contributed by atoms with E-state index in [9.17, 15) is 9.50 Å². The molecule has 1 aliphatic rings. The number of hydrogen-bond donors (Lipinski definition) is 2. The Labute approximate surface area is 94.2 Å². The van der Waals surface area contributed by atoms with E-state index in [0.29, 0.717) is 5.75 Å². The highest BCUT2D eigenvalue weighted by atomic mass is 19.1. The van der Waals surface area contributed by atoms with Gasteiger partial charge in [0.15, 0.2) is 11.6 Å². The quantitative estimate of drug-likeness (QED) is 0.811. The number of hydrogen-bond acceptors (Lipinski definition) is 3. The van der Waals surface area contributed by atoms with Crippen LogP contribution in [0.1, 0.15) is 30.9 Å². The number of rotatable bonds is 2. The molecule has 1 heterocycles. The molecule has 0 aliphatic carbocycles. The summed E-state index contributed by atoms with van der Waals surface area (Å²) in [5, 5.41) is 12.7.